The number of halogens is 3. The summed E-state index contributed by atoms with van der Waals surface area (Å²) in [4.78, 5) is 0. The molecule has 4 aromatic carbocycles. The van der Waals surface area contributed by atoms with Gasteiger partial charge in [0.1, 0.15) is 0 Å². The molecule has 0 amide bonds. The van der Waals surface area contributed by atoms with Gasteiger partial charge >= 0.3 is 0 Å². The van der Waals surface area contributed by atoms with E-state index in [-0.39, 0.29) is 0 Å². The molecule has 0 unspecified atom stereocenters. The molecule has 0 atom stereocenters. The van der Waals surface area contributed by atoms with E-state index in [2.05, 4.69) is 66.7 Å². The van der Waals surface area contributed by atoms with Gasteiger partial charge in [0.2, 0.25) is 0 Å². The van der Waals surface area contributed by atoms with Gasteiger partial charge in [-0.2, -0.15) is 0 Å². The molecule has 35 heavy (non-hydrogen) atoms. The van der Waals surface area contributed by atoms with Gasteiger partial charge in [0.25, 0.3) is 0 Å². The van der Waals surface area contributed by atoms with Crippen LogP contribution in [-0.2, 0) is 0 Å². The van der Waals surface area contributed by atoms with Crippen molar-refractivity contribution in [3.05, 3.63) is 132 Å². The van der Waals surface area contributed by atoms with Crippen LogP contribution in [0, 0.1) is 17.6 Å². The Morgan fingerprint density at radius 1 is 0.571 bits per heavy atom. The zero-order valence-corrected chi connectivity index (χ0v) is 20.3. The third-order valence-corrected chi connectivity index (χ3v) is 6.78. The van der Waals surface area contributed by atoms with Crippen molar-refractivity contribution in [3.63, 3.8) is 0 Å². The van der Waals surface area contributed by atoms with Crippen LogP contribution in [0.4, 0.5) is 8.78 Å². The summed E-state index contributed by atoms with van der Waals surface area (Å²) in [6.45, 7) is 0. The van der Waals surface area contributed by atoms with E-state index in [0.29, 0.717) is 17.4 Å². The average Bonchev–Trinajstić information content (AvgIpc) is 2.92. The number of hydrogen-bond donors (Lipinski definition) is 0. The van der Waals surface area contributed by atoms with Gasteiger partial charge in [0, 0.05) is 5.54 Å². The molecule has 0 spiro atoms. The quantitative estimate of drug-likeness (QED) is 0.269. The maximum absolute atomic E-state index is 13.3. The van der Waals surface area contributed by atoms with E-state index in [1.807, 2.05) is 24.3 Å². The highest BCUT2D eigenvalue weighted by Crippen LogP contribution is 2.37. The van der Waals surface area contributed by atoms with E-state index in [1.165, 1.54) is 41.7 Å². The van der Waals surface area contributed by atoms with E-state index < -0.39 is 11.6 Å². The highest BCUT2D eigenvalue weighted by molar-refractivity contribution is 6.25. The molecular weight excluding hydrogens is 458 g/mol. The Morgan fingerprint density at radius 2 is 1.09 bits per heavy atom. The smallest absolute Gasteiger partial charge is 0.159 e. The molecule has 5 rings (SSSR count). The summed E-state index contributed by atoms with van der Waals surface area (Å²) in [6.07, 6.45) is 6.74. The summed E-state index contributed by atoms with van der Waals surface area (Å²) < 4.78 is 26.4. The molecule has 0 bridgehead atoms. The summed E-state index contributed by atoms with van der Waals surface area (Å²) in [7, 11) is 0. The third kappa shape index (κ3) is 6.90. The van der Waals surface area contributed by atoms with E-state index in [9.17, 15) is 8.78 Å². The molecule has 178 valence electrons. The van der Waals surface area contributed by atoms with E-state index in [0.717, 1.165) is 18.4 Å². The Bertz CT molecular complexity index is 1170. The van der Waals surface area contributed by atoms with E-state index in [4.69, 9.17) is 11.6 Å². The fraction of sp³-hybridized carbons (Fsp3) is 0.188. The lowest BCUT2D eigenvalue weighted by Crippen LogP contribution is -2.11. The van der Waals surface area contributed by atoms with Crippen LogP contribution < -0.4 is 0 Å². The summed E-state index contributed by atoms with van der Waals surface area (Å²) in [5.41, 5.74) is 7.11. The molecule has 0 radical (unpaired) electrons. The highest BCUT2D eigenvalue weighted by atomic mass is 35.5. The molecule has 0 aromatic heterocycles. The minimum atomic E-state index is -0.812. The Hall–Kier alpha value is -3.23. The monoisotopic (exact) mass is 486 g/mol. The molecule has 0 N–H and O–H groups in total. The van der Waals surface area contributed by atoms with Gasteiger partial charge in [-0.05, 0) is 77.5 Å². The summed E-state index contributed by atoms with van der Waals surface area (Å²) in [5, 5.41) is 0. The molecule has 1 aliphatic rings. The van der Waals surface area contributed by atoms with Crippen LogP contribution in [0.2, 0.25) is 0 Å². The normalized spacial score (nSPS) is 17.6. The van der Waals surface area contributed by atoms with Crippen molar-refractivity contribution in [1.82, 2.24) is 0 Å². The first-order chi connectivity index (χ1) is 17.1. The molecule has 4 aromatic rings. The fourth-order valence-corrected chi connectivity index (χ4v) is 4.84. The predicted octanol–water partition coefficient (Wildman–Crippen LogP) is 10.0. The Morgan fingerprint density at radius 3 is 1.60 bits per heavy atom. The minimum absolute atomic E-state index is 0.578. The number of benzene rings is 4. The first kappa shape index (κ1) is 24.9. The average molecular weight is 487 g/mol. The zero-order valence-electron chi connectivity index (χ0n) is 19.6. The lowest BCUT2D eigenvalue weighted by atomic mass is 9.78. The van der Waals surface area contributed by atoms with Crippen molar-refractivity contribution >= 4 is 11.6 Å². The Balaban J connectivity index is 0.000000201. The zero-order chi connectivity index (χ0) is 24.5. The van der Waals surface area contributed by atoms with Gasteiger partial charge in [-0.1, -0.05) is 109 Å². The van der Waals surface area contributed by atoms with Crippen molar-refractivity contribution < 1.29 is 8.78 Å². The molecule has 0 heterocycles. The number of allylic oxidation sites excluding steroid dienone is 1. The highest BCUT2D eigenvalue weighted by Gasteiger charge is 2.20. The van der Waals surface area contributed by atoms with Crippen molar-refractivity contribution in [2.75, 3.05) is 0 Å². The van der Waals surface area contributed by atoms with Gasteiger partial charge in [-0.3, -0.25) is 0 Å². The third-order valence-electron chi connectivity index (χ3n) is 6.63. The molecule has 0 saturated heterocycles. The van der Waals surface area contributed by atoms with Gasteiger partial charge in [0.15, 0.2) is 11.6 Å². The standard InChI is InChI=1S/C20H19ClF2.C12H10/c21-12-11-14-1-3-15(4-2-14)16-5-7-17(8-6-16)18-9-10-19(22)20(23)13-18;1-3-7-11(8-4-1)12-9-5-2-6-10-12/h5-15H,1-4H2;1-10H/b12-11+;. The molecule has 1 saturated carbocycles. The topological polar surface area (TPSA) is 0 Å². The van der Waals surface area contributed by atoms with Crippen LogP contribution in [0.5, 0.6) is 0 Å². The second-order valence-electron chi connectivity index (χ2n) is 8.91. The van der Waals surface area contributed by atoms with Gasteiger partial charge in [0.05, 0.1) is 0 Å². The largest absolute Gasteiger partial charge is 0.204 e. The molecular formula is C32H29ClF2. The lowest BCUT2D eigenvalue weighted by Gasteiger charge is -2.27. The summed E-state index contributed by atoms with van der Waals surface area (Å²) in [6, 6.07) is 33.0. The molecule has 0 aliphatic heterocycles. The summed E-state index contributed by atoms with van der Waals surface area (Å²) in [5.74, 6) is -0.440. The van der Waals surface area contributed by atoms with E-state index >= 15 is 0 Å². The van der Waals surface area contributed by atoms with Gasteiger partial charge in [-0.25, -0.2) is 8.78 Å². The SMILES string of the molecule is Fc1ccc(-c2ccc(C3CCC(/C=C/Cl)CC3)cc2)cc1F.c1ccc(-c2ccccc2)cc1. The Labute approximate surface area is 211 Å². The van der Waals surface area contributed by atoms with Crippen LogP contribution in [0.25, 0.3) is 22.3 Å². The fourth-order valence-electron chi connectivity index (χ4n) is 4.63. The Kier molecular flexibility index (Phi) is 8.86. The maximum atomic E-state index is 13.3. The molecule has 1 aliphatic carbocycles. The molecule has 0 nitrogen and oxygen atoms in total. The van der Waals surface area contributed by atoms with Crippen LogP contribution in [0.1, 0.15) is 37.2 Å². The molecule has 1 fully saturated rings. The first-order valence-corrected chi connectivity index (χ1v) is 12.5. The van der Waals surface area contributed by atoms with Crippen LogP contribution >= 0.6 is 11.6 Å². The van der Waals surface area contributed by atoms with Crippen molar-refractivity contribution in [2.24, 2.45) is 5.92 Å². The summed E-state index contributed by atoms with van der Waals surface area (Å²) >= 11 is 5.65. The van der Waals surface area contributed by atoms with Crippen molar-refractivity contribution in [3.8, 4) is 22.3 Å². The lowest BCUT2D eigenvalue weighted by molar-refractivity contribution is 0.376. The van der Waals surface area contributed by atoms with Crippen LogP contribution in [-0.4, -0.2) is 0 Å². The van der Waals surface area contributed by atoms with Gasteiger partial charge < -0.3 is 0 Å². The second kappa shape index (κ2) is 12.5. The first-order valence-electron chi connectivity index (χ1n) is 12.1. The van der Waals surface area contributed by atoms with Gasteiger partial charge in [-0.15, -0.1) is 0 Å². The van der Waals surface area contributed by atoms with Crippen LogP contribution in [0.15, 0.2) is 115 Å². The number of hydrogen-bond acceptors (Lipinski definition) is 0. The van der Waals surface area contributed by atoms with Crippen LogP contribution in [0.3, 0.4) is 0 Å². The predicted molar refractivity (Wildman–Crippen MR) is 143 cm³/mol. The van der Waals surface area contributed by atoms with E-state index in [1.54, 1.807) is 11.6 Å². The maximum Gasteiger partial charge on any atom is 0.159 e. The van der Waals surface area contributed by atoms with Crippen molar-refractivity contribution in [1.29, 1.82) is 0 Å². The minimum Gasteiger partial charge on any atom is -0.204 e. The molecule has 3 heteroatoms. The number of rotatable bonds is 4. The second-order valence-corrected chi connectivity index (χ2v) is 9.17. The van der Waals surface area contributed by atoms with Crippen molar-refractivity contribution in [2.45, 2.75) is 31.6 Å².